The van der Waals surface area contributed by atoms with Gasteiger partial charge in [0.15, 0.2) is 0 Å². The Morgan fingerprint density at radius 1 is 1.40 bits per heavy atom. The van der Waals surface area contributed by atoms with Crippen LogP contribution in [0.15, 0.2) is 18.2 Å². The van der Waals surface area contributed by atoms with Gasteiger partial charge in [0, 0.05) is 24.7 Å². The zero-order valence-corrected chi connectivity index (χ0v) is 12.3. The smallest absolute Gasteiger partial charge is 0.224 e. The van der Waals surface area contributed by atoms with Crippen molar-refractivity contribution in [2.24, 2.45) is 5.92 Å². The number of anilines is 2. The summed E-state index contributed by atoms with van der Waals surface area (Å²) >= 11 is 5.80. The SMILES string of the molecule is Nc1cc(Cl)ccc1NC(=O)CCCOCCC1CC1. The van der Waals surface area contributed by atoms with Crippen molar-refractivity contribution in [3.05, 3.63) is 23.2 Å². The van der Waals surface area contributed by atoms with E-state index in [1.54, 1.807) is 18.2 Å². The minimum atomic E-state index is -0.0511. The third-order valence-corrected chi connectivity index (χ3v) is 3.58. The molecule has 1 saturated carbocycles. The first-order valence-electron chi connectivity index (χ1n) is 7.08. The van der Waals surface area contributed by atoms with Crippen molar-refractivity contribution in [3.8, 4) is 0 Å². The summed E-state index contributed by atoms with van der Waals surface area (Å²) in [7, 11) is 0. The number of nitrogens with one attached hydrogen (secondary N) is 1. The van der Waals surface area contributed by atoms with Gasteiger partial charge in [-0.3, -0.25) is 4.79 Å². The Hall–Kier alpha value is -1.26. The van der Waals surface area contributed by atoms with Crippen LogP contribution in [-0.4, -0.2) is 19.1 Å². The summed E-state index contributed by atoms with van der Waals surface area (Å²) in [4.78, 5) is 11.7. The molecular weight excluding hydrogens is 276 g/mol. The van der Waals surface area contributed by atoms with E-state index in [0.717, 1.165) is 25.4 Å². The molecule has 0 atom stereocenters. The van der Waals surface area contributed by atoms with Crippen molar-refractivity contribution < 1.29 is 9.53 Å². The number of amides is 1. The summed E-state index contributed by atoms with van der Waals surface area (Å²) < 4.78 is 5.50. The number of benzene rings is 1. The van der Waals surface area contributed by atoms with E-state index >= 15 is 0 Å². The summed E-state index contributed by atoms with van der Waals surface area (Å²) in [6, 6.07) is 5.04. The lowest BCUT2D eigenvalue weighted by Crippen LogP contribution is -2.13. The van der Waals surface area contributed by atoms with Crippen LogP contribution < -0.4 is 11.1 Å². The number of hydrogen-bond donors (Lipinski definition) is 2. The standard InChI is InChI=1S/C15H21ClN2O2/c16-12-5-6-14(13(17)10-12)18-15(19)2-1-8-20-9-7-11-3-4-11/h5-6,10-11H,1-4,7-9,17H2,(H,18,19). The minimum absolute atomic E-state index is 0.0511. The summed E-state index contributed by atoms with van der Waals surface area (Å²) in [6.45, 7) is 1.45. The maximum atomic E-state index is 11.7. The fraction of sp³-hybridized carbons (Fsp3) is 0.533. The molecule has 0 bridgehead atoms. The molecule has 0 heterocycles. The van der Waals surface area contributed by atoms with Gasteiger partial charge in [-0.1, -0.05) is 24.4 Å². The molecule has 110 valence electrons. The van der Waals surface area contributed by atoms with E-state index in [0.29, 0.717) is 29.4 Å². The van der Waals surface area contributed by atoms with Crippen molar-refractivity contribution in [2.45, 2.75) is 32.1 Å². The Balaban J connectivity index is 1.59. The van der Waals surface area contributed by atoms with Crippen LogP contribution in [0.4, 0.5) is 11.4 Å². The normalized spacial score (nSPS) is 14.2. The van der Waals surface area contributed by atoms with Gasteiger partial charge in [0.25, 0.3) is 0 Å². The van der Waals surface area contributed by atoms with Gasteiger partial charge in [-0.05, 0) is 37.0 Å². The van der Waals surface area contributed by atoms with Crippen LogP contribution in [0.25, 0.3) is 0 Å². The van der Waals surface area contributed by atoms with Crippen molar-refractivity contribution in [1.29, 1.82) is 0 Å². The highest BCUT2D eigenvalue weighted by molar-refractivity contribution is 6.31. The second kappa shape index (κ2) is 7.50. The number of ether oxygens (including phenoxy) is 1. The lowest BCUT2D eigenvalue weighted by atomic mass is 10.2. The Morgan fingerprint density at radius 3 is 2.90 bits per heavy atom. The number of hydrogen-bond acceptors (Lipinski definition) is 3. The predicted molar refractivity (Wildman–Crippen MR) is 81.9 cm³/mol. The number of nitrogens with two attached hydrogens (primary N) is 1. The van der Waals surface area contributed by atoms with Crippen LogP contribution in [0.3, 0.4) is 0 Å². The van der Waals surface area contributed by atoms with E-state index in [2.05, 4.69) is 5.32 Å². The molecule has 1 aromatic carbocycles. The van der Waals surface area contributed by atoms with Gasteiger partial charge in [-0.25, -0.2) is 0 Å². The van der Waals surface area contributed by atoms with Gasteiger partial charge in [0.05, 0.1) is 11.4 Å². The molecule has 1 fully saturated rings. The Labute approximate surface area is 124 Å². The van der Waals surface area contributed by atoms with Gasteiger partial charge in [0.2, 0.25) is 5.91 Å². The fourth-order valence-corrected chi connectivity index (χ4v) is 2.13. The molecule has 0 saturated heterocycles. The van der Waals surface area contributed by atoms with Gasteiger partial charge in [-0.2, -0.15) is 0 Å². The maximum Gasteiger partial charge on any atom is 0.224 e. The Bertz CT molecular complexity index is 461. The van der Waals surface area contributed by atoms with Crippen molar-refractivity contribution in [1.82, 2.24) is 0 Å². The summed E-state index contributed by atoms with van der Waals surface area (Å²) in [6.07, 6.45) is 5.03. The quantitative estimate of drug-likeness (QED) is 0.570. The molecule has 5 heteroatoms. The molecule has 1 amide bonds. The maximum absolute atomic E-state index is 11.7. The number of carbonyl (C=O) groups is 1. The molecule has 1 aliphatic rings. The number of carbonyl (C=O) groups excluding carboxylic acids is 1. The Morgan fingerprint density at radius 2 is 2.20 bits per heavy atom. The van der Waals surface area contributed by atoms with E-state index in [-0.39, 0.29) is 5.91 Å². The first-order valence-corrected chi connectivity index (χ1v) is 7.45. The molecule has 0 aliphatic heterocycles. The third-order valence-electron chi connectivity index (χ3n) is 3.35. The van der Waals surface area contributed by atoms with Crippen LogP contribution in [0, 0.1) is 5.92 Å². The Kier molecular flexibility index (Phi) is 5.68. The van der Waals surface area contributed by atoms with Gasteiger partial charge in [-0.15, -0.1) is 0 Å². The highest BCUT2D eigenvalue weighted by Crippen LogP contribution is 2.32. The summed E-state index contributed by atoms with van der Waals surface area (Å²) in [5.41, 5.74) is 6.86. The first kappa shape index (κ1) is 15.1. The van der Waals surface area contributed by atoms with E-state index in [9.17, 15) is 4.79 Å². The molecular formula is C15H21ClN2O2. The zero-order chi connectivity index (χ0) is 14.4. The van der Waals surface area contributed by atoms with Crippen LogP contribution >= 0.6 is 11.6 Å². The molecule has 1 aliphatic carbocycles. The summed E-state index contributed by atoms with van der Waals surface area (Å²) in [5, 5.41) is 3.34. The molecule has 0 radical (unpaired) electrons. The number of rotatable bonds is 8. The second-order valence-electron chi connectivity index (χ2n) is 5.23. The summed E-state index contributed by atoms with van der Waals surface area (Å²) in [5.74, 6) is 0.844. The van der Waals surface area contributed by atoms with E-state index < -0.39 is 0 Å². The molecule has 3 N–H and O–H groups in total. The predicted octanol–water partition coefficient (Wildman–Crippen LogP) is 3.46. The molecule has 0 spiro atoms. The number of nitrogen functional groups attached to an aromatic ring is 1. The minimum Gasteiger partial charge on any atom is -0.397 e. The largest absolute Gasteiger partial charge is 0.397 e. The lowest BCUT2D eigenvalue weighted by Gasteiger charge is -2.08. The zero-order valence-electron chi connectivity index (χ0n) is 11.5. The monoisotopic (exact) mass is 296 g/mol. The number of halogens is 1. The molecule has 20 heavy (non-hydrogen) atoms. The topological polar surface area (TPSA) is 64.3 Å². The van der Waals surface area contributed by atoms with Crippen LogP contribution in [-0.2, 0) is 9.53 Å². The molecule has 0 unspecified atom stereocenters. The highest BCUT2D eigenvalue weighted by atomic mass is 35.5. The average Bonchev–Trinajstić information content (AvgIpc) is 3.21. The van der Waals surface area contributed by atoms with Crippen molar-refractivity contribution in [3.63, 3.8) is 0 Å². The third kappa shape index (κ3) is 5.39. The van der Waals surface area contributed by atoms with Crippen molar-refractivity contribution in [2.75, 3.05) is 24.3 Å². The average molecular weight is 297 g/mol. The van der Waals surface area contributed by atoms with E-state index in [1.807, 2.05) is 0 Å². The first-order chi connectivity index (χ1) is 9.65. The fourth-order valence-electron chi connectivity index (χ4n) is 1.95. The highest BCUT2D eigenvalue weighted by Gasteiger charge is 2.20. The van der Waals surface area contributed by atoms with E-state index in [4.69, 9.17) is 22.1 Å². The van der Waals surface area contributed by atoms with Crippen LogP contribution in [0.1, 0.15) is 32.1 Å². The van der Waals surface area contributed by atoms with Gasteiger partial charge in [0.1, 0.15) is 0 Å². The van der Waals surface area contributed by atoms with E-state index in [1.165, 1.54) is 12.8 Å². The second-order valence-corrected chi connectivity index (χ2v) is 5.66. The van der Waals surface area contributed by atoms with Crippen LogP contribution in [0.2, 0.25) is 5.02 Å². The molecule has 0 aromatic heterocycles. The van der Waals surface area contributed by atoms with Gasteiger partial charge < -0.3 is 15.8 Å². The van der Waals surface area contributed by atoms with Crippen LogP contribution in [0.5, 0.6) is 0 Å². The van der Waals surface area contributed by atoms with Gasteiger partial charge >= 0.3 is 0 Å². The lowest BCUT2D eigenvalue weighted by molar-refractivity contribution is -0.116. The molecule has 4 nitrogen and oxygen atoms in total. The molecule has 1 aromatic rings. The van der Waals surface area contributed by atoms with Crippen molar-refractivity contribution >= 4 is 28.9 Å². The molecule has 2 rings (SSSR count).